The first-order chi connectivity index (χ1) is 13.9. The maximum atomic E-state index is 13.2. The van der Waals surface area contributed by atoms with Crippen LogP contribution in [0.25, 0.3) is 0 Å². The first-order valence-corrected chi connectivity index (χ1v) is 11.9. The Labute approximate surface area is 174 Å². The van der Waals surface area contributed by atoms with Gasteiger partial charge in [-0.3, -0.25) is 14.8 Å². The quantitative estimate of drug-likeness (QED) is 0.810. The van der Waals surface area contributed by atoms with E-state index in [2.05, 4.69) is 16.9 Å². The lowest BCUT2D eigenvalue weighted by Gasteiger charge is -2.56. The molecule has 29 heavy (non-hydrogen) atoms. The van der Waals surface area contributed by atoms with Crippen molar-refractivity contribution in [2.45, 2.75) is 83.7 Å². The van der Waals surface area contributed by atoms with Crippen molar-refractivity contribution in [1.29, 1.82) is 0 Å². The zero-order chi connectivity index (χ0) is 20.2. The van der Waals surface area contributed by atoms with Gasteiger partial charge in [0.05, 0.1) is 17.7 Å². The van der Waals surface area contributed by atoms with Crippen molar-refractivity contribution in [3.05, 3.63) is 24.3 Å². The number of rotatable bonds is 3. The average molecular weight is 397 g/mol. The first kappa shape index (κ1) is 19.7. The first-order valence-electron chi connectivity index (χ1n) is 11.9. The van der Waals surface area contributed by atoms with Gasteiger partial charge in [-0.15, -0.1) is 0 Å². The van der Waals surface area contributed by atoms with E-state index in [4.69, 9.17) is 0 Å². The highest BCUT2D eigenvalue weighted by Gasteiger charge is 2.58. The summed E-state index contributed by atoms with van der Waals surface area (Å²) in [6.45, 7) is 4.47. The number of carbonyl (C=O) groups is 1. The minimum absolute atomic E-state index is 0.174. The lowest BCUT2D eigenvalue weighted by Crippen LogP contribution is -2.51. The molecule has 4 aliphatic carbocycles. The Hall–Kier alpha value is -1.29. The van der Waals surface area contributed by atoms with Crippen LogP contribution in [0.4, 0.5) is 0 Å². The maximum Gasteiger partial charge on any atom is 0.142 e. The minimum atomic E-state index is -0.442. The maximum absolute atomic E-state index is 13.2. The fourth-order valence-corrected chi connectivity index (χ4v) is 8.33. The number of ketones is 1. The molecule has 0 saturated heterocycles. The second-order valence-electron chi connectivity index (χ2n) is 11.2. The van der Waals surface area contributed by atoms with Crippen LogP contribution in [-0.2, 0) is 11.2 Å². The summed E-state index contributed by atoms with van der Waals surface area (Å²) in [5.41, 5.74) is 0.545. The van der Waals surface area contributed by atoms with Gasteiger partial charge in [0.2, 0.25) is 0 Å². The molecule has 1 unspecified atom stereocenters. The van der Waals surface area contributed by atoms with Crippen molar-refractivity contribution in [3.8, 4) is 0 Å². The van der Waals surface area contributed by atoms with Crippen LogP contribution in [0, 0.1) is 40.9 Å². The van der Waals surface area contributed by atoms with E-state index in [-0.39, 0.29) is 11.3 Å². The Balaban J connectivity index is 1.31. The second kappa shape index (κ2) is 7.14. The molecule has 1 aromatic rings. The highest BCUT2D eigenvalue weighted by Crippen LogP contribution is 2.64. The van der Waals surface area contributed by atoms with Crippen molar-refractivity contribution in [1.82, 2.24) is 9.97 Å². The van der Waals surface area contributed by atoms with E-state index < -0.39 is 5.60 Å². The molecule has 0 aromatic carbocycles. The second-order valence-corrected chi connectivity index (χ2v) is 11.2. The third-order valence-electron chi connectivity index (χ3n) is 9.60. The van der Waals surface area contributed by atoms with Crippen molar-refractivity contribution >= 4 is 5.78 Å². The number of carbonyl (C=O) groups excluding carboxylic acids is 1. The van der Waals surface area contributed by atoms with E-state index in [1.54, 1.807) is 18.6 Å². The molecule has 4 saturated carbocycles. The summed E-state index contributed by atoms with van der Waals surface area (Å²) in [6.07, 6.45) is 16.1. The molecular weight excluding hydrogens is 360 g/mol. The molecule has 1 aromatic heterocycles. The molecular formula is C25H36N2O2. The third kappa shape index (κ3) is 3.36. The standard InChI is InChI=1S/C25H36N2O2/c1-24(29)9-7-18-16(14-24)3-4-20-19(18)8-10-25(2)21(20)5-6-22(25)23(28)13-17-15-26-11-12-27-17/h11-12,15-16,18-22,29H,3-10,13-14H2,1-2H3/t16?,18-,19+,20+,21-,22+,24+,25-/m0/s1. The summed E-state index contributed by atoms with van der Waals surface area (Å²) >= 11 is 0. The summed E-state index contributed by atoms with van der Waals surface area (Å²) in [5.74, 6) is 4.45. The minimum Gasteiger partial charge on any atom is -0.390 e. The van der Waals surface area contributed by atoms with E-state index in [0.29, 0.717) is 18.1 Å². The largest absolute Gasteiger partial charge is 0.390 e. The zero-order valence-corrected chi connectivity index (χ0v) is 18.0. The molecule has 8 atom stereocenters. The highest BCUT2D eigenvalue weighted by molar-refractivity contribution is 5.84. The Morgan fingerprint density at radius 3 is 2.66 bits per heavy atom. The van der Waals surface area contributed by atoms with Gasteiger partial charge in [-0.1, -0.05) is 6.92 Å². The van der Waals surface area contributed by atoms with Gasteiger partial charge in [0.15, 0.2) is 0 Å². The van der Waals surface area contributed by atoms with Crippen LogP contribution in [0.15, 0.2) is 18.6 Å². The van der Waals surface area contributed by atoms with E-state index in [9.17, 15) is 9.90 Å². The zero-order valence-electron chi connectivity index (χ0n) is 18.0. The predicted molar refractivity (Wildman–Crippen MR) is 112 cm³/mol. The molecule has 5 rings (SSSR count). The molecule has 1 N–H and O–H groups in total. The van der Waals surface area contributed by atoms with Crippen LogP contribution in [0.5, 0.6) is 0 Å². The number of nitrogens with zero attached hydrogens (tertiary/aromatic N) is 2. The van der Waals surface area contributed by atoms with Crippen LogP contribution in [-0.4, -0.2) is 26.5 Å². The van der Waals surface area contributed by atoms with Gasteiger partial charge in [0, 0.05) is 24.5 Å². The molecule has 4 aliphatic rings. The van der Waals surface area contributed by atoms with Crippen LogP contribution in [0.3, 0.4) is 0 Å². The number of aliphatic hydroxyl groups is 1. The van der Waals surface area contributed by atoms with Gasteiger partial charge in [0.25, 0.3) is 0 Å². The van der Waals surface area contributed by atoms with Crippen molar-refractivity contribution in [3.63, 3.8) is 0 Å². The van der Waals surface area contributed by atoms with Gasteiger partial charge in [-0.2, -0.15) is 0 Å². The predicted octanol–water partition coefficient (Wildman–Crippen LogP) is 4.61. The summed E-state index contributed by atoms with van der Waals surface area (Å²) in [4.78, 5) is 21.7. The van der Waals surface area contributed by atoms with Gasteiger partial charge in [0.1, 0.15) is 5.78 Å². The molecule has 0 aliphatic heterocycles. The van der Waals surface area contributed by atoms with Crippen LogP contribution in [0.2, 0.25) is 0 Å². The van der Waals surface area contributed by atoms with Crippen molar-refractivity contribution in [2.75, 3.05) is 0 Å². The molecule has 4 heteroatoms. The number of hydrogen-bond acceptors (Lipinski definition) is 4. The normalized spacial score (nSPS) is 46.4. The number of hydrogen-bond donors (Lipinski definition) is 1. The van der Waals surface area contributed by atoms with Gasteiger partial charge >= 0.3 is 0 Å². The molecule has 0 radical (unpaired) electrons. The van der Waals surface area contributed by atoms with Crippen molar-refractivity contribution in [2.24, 2.45) is 40.9 Å². The summed E-state index contributed by atoms with van der Waals surface area (Å²) in [6, 6.07) is 0. The lowest BCUT2D eigenvalue weighted by molar-refractivity contribution is -0.131. The Morgan fingerprint density at radius 2 is 1.86 bits per heavy atom. The topological polar surface area (TPSA) is 63.1 Å². The fourth-order valence-electron chi connectivity index (χ4n) is 8.33. The molecule has 0 amide bonds. The molecule has 1 heterocycles. The Bertz CT molecular complexity index is 763. The number of fused-ring (bicyclic) bond motifs is 5. The summed E-state index contributed by atoms with van der Waals surface area (Å²) < 4.78 is 0. The van der Waals surface area contributed by atoms with Crippen LogP contribution < -0.4 is 0 Å². The molecule has 0 spiro atoms. The number of aromatic nitrogens is 2. The van der Waals surface area contributed by atoms with Gasteiger partial charge < -0.3 is 5.11 Å². The molecule has 4 nitrogen and oxygen atoms in total. The summed E-state index contributed by atoms with van der Waals surface area (Å²) in [7, 11) is 0. The molecule has 158 valence electrons. The number of Topliss-reactive ketones (excluding diaryl/α,β-unsaturated/α-hetero) is 1. The van der Waals surface area contributed by atoms with E-state index in [0.717, 1.165) is 48.6 Å². The van der Waals surface area contributed by atoms with E-state index >= 15 is 0 Å². The summed E-state index contributed by atoms with van der Waals surface area (Å²) in [5, 5.41) is 10.6. The third-order valence-corrected chi connectivity index (χ3v) is 9.60. The van der Waals surface area contributed by atoms with Gasteiger partial charge in [-0.25, -0.2) is 0 Å². The fraction of sp³-hybridized carbons (Fsp3) is 0.800. The monoisotopic (exact) mass is 396 g/mol. The van der Waals surface area contributed by atoms with E-state index in [1.807, 2.05) is 6.92 Å². The van der Waals surface area contributed by atoms with E-state index in [1.165, 1.54) is 38.5 Å². The molecule has 4 fully saturated rings. The lowest BCUT2D eigenvalue weighted by atomic mass is 9.49. The van der Waals surface area contributed by atoms with Gasteiger partial charge in [-0.05, 0) is 99.7 Å². The highest BCUT2D eigenvalue weighted by atomic mass is 16.3. The van der Waals surface area contributed by atoms with Crippen molar-refractivity contribution < 1.29 is 9.90 Å². The smallest absolute Gasteiger partial charge is 0.142 e. The van der Waals surface area contributed by atoms with Crippen LogP contribution >= 0.6 is 0 Å². The molecule has 0 bridgehead atoms. The SMILES string of the molecule is C[C@@]1(O)CC[C@H]2C(CC[C@@H]3[C@@H]2CC[C@]2(C)[C@@H](C(=O)Cc4cnccn4)CC[C@@H]32)C1. The van der Waals surface area contributed by atoms with Crippen LogP contribution in [0.1, 0.15) is 77.3 Å². The Morgan fingerprint density at radius 1 is 1.03 bits per heavy atom. The Kier molecular flexibility index (Phi) is 4.84. The average Bonchev–Trinajstić information content (AvgIpc) is 3.05.